The van der Waals surface area contributed by atoms with Gasteiger partial charge in [0.1, 0.15) is 15.6 Å². The van der Waals surface area contributed by atoms with Crippen LogP contribution in [0, 0.1) is 15.0 Å². The second-order valence-electron chi connectivity index (χ2n) is 4.86. The zero-order valence-electron chi connectivity index (χ0n) is 13.1. The van der Waals surface area contributed by atoms with Crippen LogP contribution in [0.5, 0.6) is 11.5 Å². The molecule has 0 atom stereocenters. The molecule has 1 heterocycles. The monoisotopic (exact) mass is 438 g/mol. The number of halogens is 1. The van der Waals surface area contributed by atoms with E-state index in [0.29, 0.717) is 20.8 Å². The van der Waals surface area contributed by atoms with Crippen molar-refractivity contribution in [2.75, 3.05) is 20.0 Å². The normalized spacial score (nSPS) is 10.1. The van der Waals surface area contributed by atoms with Crippen LogP contribution in [0.3, 0.4) is 0 Å². The van der Waals surface area contributed by atoms with Gasteiger partial charge < -0.3 is 20.9 Å². The number of methoxy groups -OCH3 is 2. The van der Waals surface area contributed by atoms with Gasteiger partial charge in [-0.05, 0) is 52.3 Å². The van der Waals surface area contributed by atoms with Gasteiger partial charge in [0.15, 0.2) is 11.5 Å². The molecule has 2 aromatic rings. The number of primary amides is 1. The minimum absolute atomic E-state index is 0.0152. The number of pyridine rings is 1. The minimum Gasteiger partial charge on any atom is -0.493 e. The minimum atomic E-state index is -0.719. The fourth-order valence-electron chi connectivity index (χ4n) is 2.38. The molecule has 0 unspecified atom stereocenters. The number of hydrogen-bond donors (Lipinski definition) is 2. The van der Waals surface area contributed by atoms with Gasteiger partial charge in [0.2, 0.25) is 0 Å². The molecule has 7 nitrogen and oxygen atoms in total. The van der Waals surface area contributed by atoms with Crippen LogP contribution in [-0.2, 0) is 6.42 Å². The van der Waals surface area contributed by atoms with E-state index in [2.05, 4.69) is 11.1 Å². The van der Waals surface area contributed by atoms with Gasteiger partial charge in [-0.15, -0.1) is 0 Å². The number of benzene rings is 1. The maximum atomic E-state index is 11.8. The molecule has 24 heavy (non-hydrogen) atoms. The standard InChI is InChI=1S/C16H15IN4O3/c1-23-11-4-3-8(6-12(11)24-2)5-9-10(7-18)14(17)21-15(19)13(9)16(20)22/h3-4,6H,5H2,1-2H3,(H2,19,21)(H2,20,22). The number of nitrogen functional groups attached to an aromatic ring is 1. The van der Waals surface area contributed by atoms with Crippen LogP contribution in [0.15, 0.2) is 18.2 Å². The van der Waals surface area contributed by atoms with Crippen LogP contribution in [0.2, 0.25) is 0 Å². The Morgan fingerprint density at radius 3 is 2.54 bits per heavy atom. The van der Waals surface area contributed by atoms with E-state index in [1.165, 1.54) is 7.11 Å². The molecule has 0 radical (unpaired) electrons. The lowest BCUT2D eigenvalue weighted by molar-refractivity contribution is 0.1000. The summed E-state index contributed by atoms with van der Waals surface area (Å²) in [6.45, 7) is 0. The second kappa shape index (κ2) is 7.35. The van der Waals surface area contributed by atoms with Crippen molar-refractivity contribution in [3.05, 3.63) is 44.2 Å². The maximum absolute atomic E-state index is 11.8. The van der Waals surface area contributed by atoms with E-state index >= 15 is 0 Å². The van der Waals surface area contributed by atoms with Crippen molar-refractivity contribution in [2.24, 2.45) is 5.73 Å². The molecule has 4 N–H and O–H groups in total. The lowest BCUT2D eigenvalue weighted by Crippen LogP contribution is -2.19. The van der Waals surface area contributed by atoms with Gasteiger partial charge in [0, 0.05) is 0 Å². The molecule has 0 saturated carbocycles. The topological polar surface area (TPSA) is 124 Å². The molecule has 2 rings (SSSR count). The van der Waals surface area contributed by atoms with Gasteiger partial charge in [-0.25, -0.2) is 4.98 Å². The summed E-state index contributed by atoms with van der Waals surface area (Å²) in [4.78, 5) is 15.8. The summed E-state index contributed by atoms with van der Waals surface area (Å²) in [5, 5.41) is 9.42. The number of anilines is 1. The summed E-state index contributed by atoms with van der Waals surface area (Å²) in [6, 6.07) is 7.41. The molecule has 1 amide bonds. The van der Waals surface area contributed by atoms with Crippen LogP contribution < -0.4 is 20.9 Å². The van der Waals surface area contributed by atoms with E-state index in [-0.39, 0.29) is 23.4 Å². The van der Waals surface area contributed by atoms with E-state index in [1.54, 1.807) is 19.2 Å². The van der Waals surface area contributed by atoms with Crippen LogP contribution in [0.1, 0.15) is 27.0 Å². The lowest BCUT2D eigenvalue weighted by atomic mass is 9.96. The molecule has 8 heteroatoms. The molecule has 0 aliphatic rings. The average molecular weight is 438 g/mol. The van der Waals surface area contributed by atoms with Crippen LogP contribution in [0.25, 0.3) is 0 Å². The predicted octanol–water partition coefficient (Wildman–Crippen LogP) is 1.85. The number of rotatable bonds is 5. The first-order chi connectivity index (χ1) is 11.4. The Balaban J connectivity index is 2.61. The van der Waals surface area contributed by atoms with Crippen molar-refractivity contribution in [2.45, 2.75) is 6.42 Å². The molecule has 0 aliphatic carbocycles. The maximum Gasteiger partial charge on any atom is 0.252 e. The van der Waals surface area contributed by atoms with E-state index < -0.39 is 5.91 Å². The van der Waals surface area contributed by atoms with E-state index in [1.807, 2.05) is 28.7 Å². The van der Waals surface area contributed by atoms with Crippen molar-refractivity contribution in [1.29, 1.82) is 5.26 Å². The zero-order chi connectivity index (χ0) is 17.9. The van der Waals surface area contributed by atoms with Crippen molar-refractivity contribution in [3.63, 3.8) is 0 Å². The van der Waals surface area contributed by atoms with Crippen molar-refractivity contribution in [1.82, 2.24) is 4.98 Å². The summed E-state index contributed by atoms with van der Waals surface area (Å²) in [5.41, 5.74) is 12.9. The summed E-state index contributed by atoms with van der Waals surface area (Å²) in [5.74, 6) is 0.427. The summed E-state index contributed by atoms with van der Waals surface area (Å²) in [7, 11) is 3.08. The summed E-state index contributed by atoms with van der Waals surface area (Å²) in [6.07, 6.45) is 0.282. The number of hydrogen-bond acceptors (Lipinski definition) is 6. The molecular weight excluding hydrogens is 423 g/mol. The molecule has 0 spiro atoms. The highest BCUT2D eigenvalue weighted by Gasteiger charge is 2.21. The summed E-state index contributed by atoms with van der Waals surface area (Å²) < 4.78 is 10.9. The van der Waals surface area contributed by atoms with Crippen LogP contribution in [0.4, 0.5) is 5.82 Å². The molecule has 0 fully saturated rings. The number of amides is 1. The van der Waals surface area contributed by atoms with Gasteiger partial charge in [-0.2, -0.15) is 5.26 Å². The largest absolute Gasteiger partial charge is 0.493 e. The highest BCUT2D eigenvalue weighted by molar-refractivity contribution is 14.1. The fraction of sp³-hybridized carbons (Fsp3) is 0.188. The highest BCUT2D eigenvalue weighted by atomic mass is 127. The first-order valence-corrected chi connectivity index (χ1v) is 7.89. The number of carbonyl (C=O) groups is 1. The molecule has 0 bridgehead atoms. The highest BCUT2D eigenvalue weighted by Crippen LogP contribution is 2.31. The first-order valence-electron chi connectivity index (χ1n) is 6.81. The number of nitriles is 1. The van der Waals surface area contributed by atoms with E-state index in [0.717, 1.165) is 5.56 Å². The molecule has 1 aromatic carbocycles. The first kappa shape index (κ1) is 17.8. The number of aromatic nitrogens is 1. The Morgan fingerprint density at radius 1 is 1.33 bits per heavy atom. The molecular formula is C16H15IN4O3. The van der Waals surface area contributed by atoms with Crippen LogP contribution >= 0.6 is 22.6 Å². The third-order valence-corrected chi connectivity index (χ3v) is 4.25. The fourth-order valence-corrected chi connectivity index (χ4v) is 3.09. The van der Waals surface area contributed by atoms with Gasteiger partial charge in [0.05, 0.1) is 25.3 Å². The quantitative estimate of drug-likeness (QED) is 0.543. The van der Waals surface area contributed by atoms with Gasteiger partial charge in [-0.3, -0.25) is 4.79 Å². The predicted molar refractivity (Wildman–Crippen MR) is 97.0 cm³/mol. The third kappa shape index (κ3) is 3.35. The van der Waals surface area contributed by atoms with Gasteiger partial charge >= 0.3 is 0 Å². The van der Waals surface area contributed by atoms with Crippen molar-refractivity contribution >= 4 is 34.3 Å². The number of nitrogens with zero attached hydrogens (tertiary/aromatic N) is 2. The molecule has 0 aliphatic heterocycles. The van der Waals surface area contributed by atoms with E-state index in [4.69, 9.17) is 20.9 Å². The molecule has 1 aromatic heterocycles. The van der Waals surface area contributed by atoms with E-state index in [9.17, 15) is 10.1 Å². The smallest absolute Gasteiger partial charge is 0.252 e. The van der Waals surface area contributed by atoms with Crippen molar-refractivity contribution < 1.29 is 14.3 Å². The lowest BCUT2D eigenvalue weighted by Gasteiger charge is -2.14. The van der Waals surface area contributed by atoms with Crippen molar-refractivity contribution in [3.8, 4) is 17.6 Å². The summed E-state index contributed by atoms with van der Waals surface area (Å²) >= 11 is 1.91. The number of ether oxygens (including phenoxy) is 2. The Morgan fingerprint density at radius 2 is 2.00 bits per heavy atom. The number of carbonyl (C=O) groups excluding carboxylic acids is 1. The third-order valence-electron chi connectivity index (χ3n) is 3.47. The molecule has 124 valence electrons. The average Bonchev–Trinajstić information content (AvgIpc) is 2.54. The second-order valence-corrected chi connectivity index (χ2v) is 5.88. The Kier molecular flexibility index (Phi) is 5.46. The van der Waals surface area contributed by atoms with Gasteiger partial charge in [-0.1, -0.05) is 6.07 Å². The SMILES string of the molecule is COc1ccc(Cc2c(C#N)c(I)nc(N)c2C(N)=O)cc1OC. The Hall–Kier alpha value is -2.54. The van der Waals surface area contributed by atoms with Gasteiger partial charge in [0.25, 0.3) is 5.91 Å². The molecule has 0 saturated heterocycles. The Labute approximate surface area is 152 Å². The number of nitrogens with two attached hydrogens (primary N) is 2. The zero-order valence-corrected chi connectivity index (χ0v) is 15.2. The van der Waals surface area contributed by atoms with Crippen LogP contribution in [-0.4, -0.2) is 25.1 Å². The Bertz CT molecular complexity index is 846.